The van der Waals surface area contributed by atoms with Gasteiger partial charge in [0, 0.05) is 39.3 Å². The molecule has 0 radical (unpaired) electrons. The third kappa shape index (κ3) is 8.78. The minimum atomic E-state index is 0.523. The van der Waals surface area contributed by atoms with Gasteiger partial charge in [0.1, 0.15) is 11.6 Å². The van der Waals surface area contributed by atoms with Crippen LogP contribution in [0.1, 0.15) is 35.6 Å². The Morgan fingerprint density at radius 1 is 1.16 bits per heavy atom. The summed E-state index contributed by atoms with van der Waals surface area (Å²) >= 11 is 1.85. The Bertz CT molecular complexity index is 824. The highest BCUT2D eigenvalue weighted by Crippen LogP contribution is 2.21. The van der Waals surface area contributed by atoms with Crippen LogP contribution in [0.5, 0.6) is 5.75 Å². The highest BCUT2D eigenvalue weighted by Gasteiger charge is 2.08. The molecular weight excluding hydrogens is 412 g/mol. The van der Waals surface area contributed by atoms with Crippen molar-refractivity contribution in [2.75, 3.05) is 38.9 Å². The summed E-state index contributed by atoms with van der Waals surface area (Å²) in [4.78, 5) is 4.80. The highest BCUT2D eigenvalue weighted by molar-refractivity contribution is 7.98. The van der Waals surface area contributed by atoms with E-state index >= 15 is 0 Å². The van der Waals surface area contributed by atoms with Crippen LogP contribution in [0.25, 0.3) is 0 Å². The maximum absolute atomic E-state index is 6.00. The highest BCUT2D eigenvalue weighted by atomic mass is 32.2. The minimum absolute atomic E-state index is 0.523. The third-order valence-corrected chi connectivity index (χ3v) is 5.49. The average molecular weight is 449 g/mol. The molecule has 0 aliphatic carbocycles. The summed E-state index contributed by atoms with van der Waals surface area (Å²) in [6, 6.07) is 6.25. The molecule has 0 aliphatic heterocycles. The summed E-state index contributed by atoms with van der Waals surface area (Å²) in [6.07, 6.45) is 4.05. The molecule has 172 valence electrons. The van der Waals surface area contributed by atoms with Crippen molar-refractivity contribution < 1.29 is 9.47 Å². The second-order valence-corrected chi connectivity index (χ2v) is 8.31. The predicted molar refractivity (Wildman–Crippen MR) is 128 cm³/mol. The van der Waals surface area contributed by atoms with Crippen molar-refractivity contribution in [3.05, 3.63) is 41.0 Å². The van der Waals surface area contributed by atoms with Crippen LogP contribution in [0, 0.1) is 13.8 Å². The van der Waals surface area contributed by atoms with Gasteiger partial charge in [-0.3, -0.25) is 0 Å². The molecule has 0 atom stereocenters. The van der Waals surface area contributed by atoms with Crippen LogP contribution in [0.3, 0.4) is 0 Å². The molecule has 0 aliphatic rings. The lowest BCUT2D eigenvalue weighted by Gasteiger charge is -2.14. The number of ether oxygens (including phenoxy) is 2. The van der Waals surface area contributed by atoms with Gasteiger partial charge in [0.25, 0.3) is 0 Å². The van der Waals surface area contributed by atoms with Crippen molar-refractivity contribution in [1.29, 1.82) is 0 Å². The zero-order valence-electron chi connectivity index (χ0n) is 19.4. The van der Waals surface area contributed by atoms with E-state index in [1.807, 2.05) is 30.3 Å². The third-order valence-electron chi connectivity index (χ3n) is 4.79. The number of thioether (sulfide) groups is 1. The molecule has 0 saturated carbocycles. The number of hydrogen-bond acceptors (Lipinski definition) is 6. The molecule has 31 heavy (non-hydrogen) atoms. The lowest BCUT2D eigenvalue weighted by molar-refractivity contribution is 0.172. The van der Waals surface area contributed by atoms with Gasteiger partial charge in [0.15, 0.2) is 11.8 Å². The van der Waals surface area contributed by atoms with Crippen LogP contribution in [0.15, 0.2) is 23.2 Å². The van der Waals surface area contributed by atoms with E-state index in [4.69, 9.17) is 14.5 Å². The largest absolute Gasteiger partial charge is 0.493 e. The Balaban J connectivity index is 2.06. The zero-order chi connectivity index (χ0) is 22.5. The van der Waals surface area contributed by atoms with Gasteiger partial charge in [0.2, 0.25) is 0 Å². The molecule has 0 spiro atoms. The number of benzene rings is 1. The topological polar surface area (TPSA) is 85.6 Å². The van der Waals surface area contributed by atoms with E-state index < -0.39 is 0 Å². The Hall–Kier alpha value is -2.26. The van der Waals surface area contributed by atoms with E-state index in [-0.39, 0.29) is 0 Å². The molecule has 9 heteroatoms. The molecular formula is C22H36N6O2S. The maximum atomic E-state index is 6.00. The quantitative estimate of drug-likeness (QED) is 0.277. The SMILES string of the molecule is COCCCOc1cc(C)ccc1CN=C(NCCCSC)NCc1nnc(C)n1C. The standard InChI is InChI=1S/C22H36N6O2S/c1-17-8-9-19(20(14-17)30-12-7-11-29-4)15-24-22(23-10-6-13-31-5)25-16-21-27-26-18(2)28(21)3/h8-9,14H,6-7,10-13,15-16H2,1-5H3,(H2,23,24,25). The van der Waals surface area contributed by atoms with Crippen LogP contribution >= 0.6 is 11.8 Å². The van der Waals surface area contributed by atoms with E-state index in [0.29, 0.717) is 26.3 Å². The van der Waals surface area contributed by atoms with Gasteiger partial charge in [-0.25, -0.2) is 4.99 Å². The summed E-state index contributed by atoms with van der Waals surface area (Å²) in [5, 5.41) is 15.1. The van der Waals surface area contributed by atoms with Crippen molar-refractivity contribution in [3.8, 4) is 5.75 Å². The number of guanidine groups is 1. The number of nitrogens with zero attached hydrogens (tertiary/aromatic N) is 4. The van der Waals surface area contributed by atoms with Gasteiger partial charge in [0.05, 0.1) is 19.7 Å². The van der Waals surface area contributed by atoms with Crippen LogP contribution in [0.2, 0.25) is 0 Å². The molecule has 0 unspecified atom stereocenters. The minimum Gasteiger partial charge on any atom is -0.493 e. The van der Waals surface area contributed by atoms with Crippen molar-refractivity contribution >= 4 is 17.7 Å². The second-order valence-electron chi connectivity index (χ2n) is 7.32. The molecule has 1 heterocycles. The summed E-state index contributed by atoms with van der Waals surface area (Å²) in [7, 11) is 3.67. The monoisotopic (exact) mass is 448 g/mol. The van der Waals surface area contributed by atoms with Crippen LogP contribution in [-0.4, -0.2) is 59.6 Å². The fourth-order valence-electron chi connectivity index (χ4n) is 2.84. The number of aryl methyl sites for hydroxylation is 2. The van der Waals surface area contributed by atoms with Crippen LogP contribution in [0.4, 0.5) is 0 Å². The van der Waals surface area contributed by atoms with E-state index in [1.54, 1.807) is 7.11 Å². The molecule has 0 amide bonds. The smallest absolute Gasteiger partial charge is 0.191 e. The molecule has 1 aromatic carbocycles. The summed E-state index contributed by atoms with van der Waals surface area (Å²) < 4.78 is 13.1. The molecule has 2 rings (SSSR count). The Labute approximate surface area is 190 Å². The van der Waals surface area contributed by atoms with Crippen LogP contribution in [-0.2, 0) is 24.9 Å². The van der Waals surface area contributed by atoms with E-state index in [2.05, 4.69) is 52.2 Å². The fourth-order valence-corrected chi connectivity index (χ4v) is 3.27. The molecule has 8 nitrogen and oxygen atoms in total. The first-order valence-corrected chi connectivity index (χ1v) is 12.0. The Morgan fingerprint density at radius 3 is 2.71 bits per heavy atom. The average Bonchev–Trinajstić information content (AvgIpc) is 3.08. The van der Waals surface area contributed by atoms with Gasteiger partial charge < -0.3 is 24.7 Å². The number of aliphatic imine (C=N–C) groups is 1. The number of hydrogen-bond donors (Lipinski definition) is 2. The number of aromatic nitrogens is 3. The molecule has 2 N–H and O–H groups in total. The molecule has 0 saturated heterocycles. The number of nitrogens with one attached hydrogen (secondary N) is 2. The van der Waals surface area contributed by atoms with E-state index in [9.17, 15) is 0 Å². The molecule has 0 fully saturated rings. The van der Waals surface area contributed by atoms with Crippen LogP contribution < -0.4 is 15.4 Å². The Kier molecular flexibility index (Phi) is 11.2. The molecule has 0 bridgehead atoms. The number of methoxy groups -OCH3 is 1. The van der Waals surface area contributed by atoms with Gasteiger partial charge in [-0.1, -0.05) is 12.1 Å². The lowest BCUT2D eigenvalue weighted by Crippen LogP contribution is -2.38. The van der Waals surface area contributed by atoms with Gasteiger partial charge in [-0.2, -0.15) is 11.8 Å². The number of rotatable bonds is 13. The first-order valence-electron chi connectivity index (χ1n) is 10.6. The summed E-state index contributed by atoms with van der Waals surface area (Å²) in [5.74, 6) is 4.50. The van der Waals surface area contributed by atoms with Gasteiger partial charge in [-0.05, 0) is 43.9 Å². The zero-order valence-corrected chi connectivity index (χ0v) is 20.2. The van der Waals surface area contributed by atoms with Crippen molar-refractivity contribution in [1.82, 2.24) is 25.4 Å². The first-order chi connectivity index (χ1) is 15.0. The summed E-state index contributed by atoms with van der Waals surface area (Å²) in [6.45, 7) is 7.26. The first kappa shape index (κ1) is 25.0. The molecule has 2 aromatic rings. The van der Waals surface area contributed by atoms with Gasteiger partial charge in [-0.15, -0.1) is 10.2 Å². The lowest BCUT2D eigenvalue weighted by atomic mass is 10.1. The van der Waals surface area contributed by atoms with Crippen molar-refractivity contribution in [2.24, 2.45) is 12.0 Å². The fraction of sp³-hybridized carbons (Fsp3) is 0.591. The summed E-state index contributed by atoms with van der Waals surface area (Å²) in [5.41, 5.74) is 2.23. The van der Waals surface area contributed by atoms with Crippen molar-refractivity contribution in [3.63, 3.8) is 0 Å². The Morgan fingerprint density at radius 2 is 2.00 bits per heavy atom. The van der Waals surface area contributed by atoms with Crippen molar-refractivity contribution in [2.45, 2.75) is 39.8 Å². The van der Waals surface area contributed by atoms with E-state index in [1.165, 1.54) is 5.56 Å². The predicted octanol–water partition coefficient (Wildman–Crippen LogP) is 2.84. The van der Waals surface area contributed by atoms with E-state index in [0.717, 1.165) is 54.1 Å². The molecule has 1 aromatic heterocycles. The normalized spacial score (nSPS) is 11.6. The second kappa shape index (κ2) is 13.9. The van der Waals surface area contributed by atoms with Gasteiger partial charge >= 0.3 is 0 Å². The maximum Gasteiger partial charge on any atom is 0.191 e.